The van der Waals surface area contributed by atoms with E-state index >= 15 is 0 Å². The molecule has 1 aliphatic heterocycles. The number of hydrogen-bond acceptors (Lipinski definition) is 3. The number of aromatic nitrogens is 1. The average Bonchev–Trinajstić information content (AvgIpc) is 2.52. The molecule has 0 saturated heterocycles. The Bertz CT molecular complexity index is 401. The Labute approximate surface area is 61.9 Å². The van der Waals surface area contributed by atoms with Crippen LogP contribution < -0.4 is 9.47 Å². The van der Waals surface area contributed by atoms with Crippen molar-refractivity contribution >= 4 is 5.52 Å². The van der Waals surface area contributed by atoms with E-state index in [1.807, 2.05) is 6.07 Å². The monoisotopic (exact) mass is 151 g/mol. The van der Waals surface area contributed by atoms with Gasteiger partial charge >= 0.3 is 0 Å². The van der Waals surface area contributed by atoms with E-state index in [1.54, 1.807) is 17.0 Å². The minimum absolute atomic E-state index is 0.312. The van der Waals surface area contributed by atoms with E-state index in [0.717, 1.165) is 17.0 Å². The topological polar surface area (TPSA) is 36.0 Å². The first kappa shape index (κ1) is 5.12. The first-order chi connectivity index (χ1) is 5.45. The van der Waals surface area contributed by atoms with Crippen LogP contribution in [-0.4, -0.2) is 11.4 Å². The Morgan fingerprint density at radius 1 is 1.36 bits per heavy atom. The largest absolute Gasteiger partial charge is 0.452 e. The van der Waals surface area contributed by atoms with Gasteiger partial charge in [-0.1, -0.05) is 0 Å². The maximum Gasteiger partial charge on any atom is 0.231 e. The molecule has 3 rings (SSSR count). The SMILES string of the molecule is c1cc2c3c(cn2o1)OCO3. The second kappa shape index (κ2) is 1.53. The molecule has 0 amide bonds. The zero-order valence-electron chi connectivity index (χ0n) is 5.61. The molecular formula is C7H5NO3. The van der Waals surface area contributed by atoms with Crippen molar-refractivity contribution in [1.82, 2.24) is 4.57 Å². The van der Waals surface area contributed by atoms with Crippen molar-refractivity contribution in [3.8, 4) is 11.5 Å². The van der Waals surface area contributed by atoms with Gasteiger partial charge in [0.25, 0.3) is 0 Å². The molecule has 0 bridgehead atoms. The van der Waals surface area contributed by atoms with Gasteiger partial charge in [0, 0.05) is 6.07 Å². The molecule has 0 radical (unpaired) electrons. The molecule has 56 valence electrons. The number of fused-ring (bicyclic) bond motifs is 3. The molecule has 0 unspecified atom stereocenters. The summed E-state index contributed by atoms with van der Waals surface area (Å²) in [6.45, 7) is 0.312. The van der Waals surface area contributed by atoms with Gasteiger partial charge in [0.1, 0.15) is 11.8 Å². The molecule has 0 aliphatic carbocycles. The summed E-state index contributed by atoms with van der Waals surface area (Å²) in [5, 5.41) is 0. The van der Waals surface area contributed by atoms with Crippen molar-refractivity contribution < 1.29 is 14.0 Å². The van der Waals surface area contributed by atoms with Crippen LogP contribution >= 0.6 is 0 Å². The summed E-state index contributed by atoms with van der Waals surface area (Å²) < 4.78 is 17.0. The Kier molecular flexibility index (Phi) is 0.711. The first-order valence-corrected chi connectivity index (χ1v) is 3.30. The minimum Gasteiger partial charge on any atom is -0.452 e. The van der Waals surface area contributed by atoms with E-state index in [4.69, 9.17) is 14.0 Å². The number of rotatable bonds is 0. The average molecular weight is 151 g/mol. The van der Waals surface area contributed by atoms with Crippen LogP contribution in [0.3, 0.4) is 0 Å². The van der Waals surface area contributed by atoms with Gasteiger partial charge in [0.2, 0.25) is 6.79 Å². The third-order valence-corrected chi connectivity index (χ3v) is 1.75. The van der Waals surface area contributed by atoms with Gasteiger partial charge in [-0.05, 0) is 0 Å². The Morgan fingerprint density at radius 2 is 2.36 bits per heavy atom. The van der Waals surface area contributed by atoms with Gasteiger partial charge in [-0.25, -0.2) is 0 Å². The smallest absolute Gasteiger partial charge is 0.231 e. The van der Waals surface area contributed by atoms with E-state index < -0.39 is 0 Å². The van der Waals surface area contributed by atoms with Gasteiger partial charge in [0.05, 0.1) is 6.20 Å². The summed E-state index contributed by atoms with van der Waals surface area (Å²) in [5.41, 5.74) is 0.914. The molecule has 2 aromatic heterocycles. The lowest BCUT2D eigenvalue weighted by molar-refractivity contribution is 0.171. The molecular weight excluding hydrogens is 146 g/mol. The molecule has 0 atom stereocenters. The predicted molar refractivity (Wildman–Crippen MR) is 35.8 cm³/mol. The zero-order valence-corrected chi connectivity index (χ0v) is 5.61. The summed E-state index contributed by atoms with van der Waals surface area (Å²) in [6.07, 6.45) is 3.37. The molecule has 0 spiro atoms. The summed E-state index contributed by atoms with van der Waals surface area (Å²) >= 11 is 0. The van der Waals surface area contributed by atoms with E-state index in [-0.39, 0.29) is 0 Å². The maximum absolute atomic E-state index is 5.21. The zero-order chi connectivity index (χ0) is 7.26. The van der Waals surface area contributed by atoms with E-state index in [0.29, 0.717) is 6.79 Å². The van der Waals surface area contributed by atoms with Crippen LogP contribution in [0.4, 0.5) is 0 Å². The van der Waals surface area contributed by atoms with Crippen LogP contribution in [-0.2, 0) is 0 Å². The summed E-state index contributed by atoms with van der Waals surface area (Å²) in [6, 6.07) is 1.84. The third-order valence-electron chi connectivity index (χ3n) is 1.75. The second-order valence-corrected chi connectivity index (χ2v) is 2.35. The quantitative estimate of drug-likeness (QED) is 0.568. The van der Waals surface area contributed by atoms with Gasteiger partial charge in [-0.3, -0.25) is 0 Å². The Balaban J connectivity index is 2.46. The Morgan fingerprint density at radius 3 is 3.36 bits per heavy atom. The fourth-order valence-corrected chi connectivity index (χ4v) is 1.26. The third kappa shape index (κ3) is 0.497. The van der Waals surface area contributed by atoms with Crippen LogP contribution in [0.2, 0.25) is 0 Å². The lowest BCUT2D eigenvalue weighted by Gasteiger charge is -1.89. The van der Waals surface area contributed by atoms with Gasteiger partial charge < -0.3 is 14.0 Å². The second-order valence-electron chi connectivity index (χ2n) is 2.35. The lowest BCUT2D eigenvalue weighted by Crippen LogP contribution is -1.95. The number of ether oxygens (including phenoxy) is 2. The predicted octanol–water partition coefficient (Wildman–Crippen LogP) is 1.26. The van der Waals surface area contributed by atoms with Crippen LogP contribution in [0.25, 0.3) is 5.52 Å². The normalized spacial score (nSPS) is 14.5. The molecule has 0 N–H and O–H groups in total. The van der Waals surface area contributed by atoms with Crippen LogP contribution in [0, 0.1) is 0 Å². The lowest BCUT2D eigenvalue weighted by atomic mass is 10.4. The molecule has 4 nitrogen and oxygen atoms in total. The Hall–Kier alpha value is -1.58. The standard InChI is InChI=1S/C7H5NO3/c1-2-11-8-3-6-7(5(1)8)10-4-9-6/h1-3H,4H2. The van der Waals surface area contributed by atoms with Gasteiger partial charge in [0.15, 0.2) is 11.5 Å². The van der Waals surface area contributed by atoms with Crippen molar-refractivity contribution in [1.29, 1.82) is 0 Å². The van der Waals surface area contributed by atoms with E-state index in [1.165, 1.54) is 0 Å². The molecule has 3 heterocycles. The van der Waals surface area contributed by atoms with E-state index in [9.17, 15) is 0 Å². The highest BCUT2D eigenvalue weighted by Gasteiger charge is 2.20. The molecule has 0 fully saturated rings. The van der Waals surface area contributed by atoms with Crippen molar-refractivity contribution in [2.24, 2.45) is 0 Å². The fourth-order valence-electron chi connectivity index (χ4n) is 1.26. The van der Waals surface area contributed by atoms with Crippen LogP contribution in [0.1, 0.15) is 0 Å². The van der Waals surface area contributed by atoms with Crippen molar-refractivity contribution in [3.05, 3.63) is 18.5 Å². The summed E-state index contributed by atoms with van der Waals surface area (Å²) in [5.74, 6) is 1.53. The van der Waals surface area contributed by atoms with Crippen molar-refractivity contribution in [2.75, 3.05) is 6.79 Å². The highest BCUT2D eigenvalue weighted by atomic mass is 16.7. The molecule has 0 aromatic carbocycles. The molecule has 2 aromatic rings. The first-order valence-electron chi connectivity index (χ1n) is 3.30. The number of hydrogen-bond donors (Lipinski definition) is 0. The summed E-state index contributed by atoms with van der Waals surface area (Å²) in [7, 11) is 0. The summed E-state index contributed by atoms with van der Waals surface area (Å²) in [4.78, 5) is 0. The highest BCUT2D eigenvalue weighted by molar-refractivity contribution is 5.67. The van der Waals surface area contributed by atoms with Gasteiger partial charge in [-0.2, -0.15) is 4.57 Å². The maximum atomic E-state index is 5.21. The number of nitrogens with zero attached hydrogens (tertiary/aromatic N) is 1. The van der Waals surface area contributed by atoms with Crippen LogP contribution in [0.15, 0.2) is 23.0 Å². The fraction of sp³-hybridized carbons (Fsp3) is 0.143. The molecule has 11 heavy (non-hydrogen) atoms. The van der Waals surface area contributed by atoms with Crippen molar-refractivity contribution in [2.45, 2.75) is 0 Å². The van der Waals surface area contributed by atoms with E-state index in [2.05, 4.69) is 0 Å². The van der Waals surface area contributed by atoms with Gasteiger partial charge in [-0.15, -0.1) is 0 Å². The minimum atomic E-state index is 0.312. The van der Waals surface area contributed by atoms with Crippen LogP contribution in [0.5, 0.6) is 11.5 Å². The van der Waals surface area contributed by atoms with Crippen molar-refractivity contribution in [3.63, 3.8) is 0 Å². The molecule has 4 heteroatoms. The molecule has 1 aliphatic rings. The highest BCUT2D eigenvalue weighted by Crippen LogP contribution is 2.37. The molecule has 0 saturated carbocycles.